The zero-order valence-electron chi connectivity index (χ0n) is 22.5. The van der Waals surface area contributed by atoms with Crippen molar-refractivity contribution in [2.45, 2.75) is 61.2 Å². The molecule has 2 heterocycles. The minimum Gasteiger partial charge on any atom is -0.368 e. The average molecular weight is 555 g/mol. The molecule has 0 radical (unpaired) electrons. The molecule has 0 saturated carbocycles. The predicted molar refractivity (Wildman–Crippen MR) is 156 cm³/mol. The van der Waals surface area contributed by atoms with E-state index < -0.39 is 6.29 Å². The summed E-state index contributed by atoms with van der Waals surface area (Å²) >= 11 is 1.66. The van der Waals surface area contributed by atoms with Gasteiger partial charge in [0.1, 0.15) is 29.9 Å². The van der Waals surface area contributed by atoms with Gasteiger partial charge >= 0.3 is 0 Å². The molecular formula is C34H34O5S. The monoisotopic (exact) mass is 554 g/mol. The molecule has 0 amide bonds. The summed E-state index contributed by atoms with van der Waals surface area (Å²) in [7, 11) is 0. The molecule has 6 heteroatoms. The smallest absolute Gasteiger partial charge is 0.184 e. The molecule has 0 aromatic heterocycles. The highest BCUT2D eigenvalue weighted by Gasteiger charge is 2.51. The van der Waals surface area contributed by atoms with Crippen LogP contribution in [0, 0.1) is 6.92 Å². The highest BCUT2D eigenvalue weighted by molar-refractivity contribution is 7.99. The first kappa shape index (κ1) is 27.2. The number of thioether (sulfide) groups is 1. The van der Waals surface area contributed by atoms with Gasteiger partial charge < -0.3 is 23.7 Å². The third-order valence-corrected chi connectivity index (χ3v) is 8.36. The zero-order valence-corrected chi connectivity index (χ0v) is 23.3. The Kier molecular flexibility index (Phi) is 8.93. The van der Waals surface area contributed by atoms with Gasteiger partial charge in [0.15, 0.2) is 6.29 Å². The van der Waals surface area contributed by atoms with Gasteiger partial charge in [-0.05, 0) is 30.2 Å². The largest absolute Gasteiger partial charge is 0.368 e. The fourth-order valence-electron chi connectivity index (χ4n) is 5.07. The topological polar surface area (TPSA) is 46.2 Å². The molecular weight excluding hydrogens is 520 g/mol. The molecule has 0 unspecified atom stereocenters. The van der Waals surface area contributed by atoms with Crippen molar-refractivity contribution in [3.63, 3.8) is 0 Å². The van der Waals surface area contributed by atoms with Crippen molar-refractivity contribution in [3.05, 3.63) is 138 Å². The van der Waals surface area contributed by atoms with Crippen LogP contribution in [-0.2, 0) is 36.9 Å². The number of rotatable bonds is 9. The number of fused-ring (bicyclic) bond motifs is 1. The van der Waals surface area contributed by atoms with Crippen molar-refractivity contribution >= 4 is 11.8 Å². The van der Waals surface area contributed by atoms with Gasteiger partial charge in [-0.1, -0.05) is 120 Å². The van der Waals surface area contributed by atoms with Crippen LogP contribution in [0.2, 0.25) is 0 Å². The van der Waals surface area contributed by atoms with Crippen LogP contribution in [0.1, 0.15) is 28.5 Å². The molecule has 40 heavy (non-hydrogen) atoms. The first-order valence-corrected chi connectivity index (χ1v) is 14.6. The molecule has 0 aliphatic carbocycles. The lowest BCUT2D eigenvalue weighted by Crippen LogP contribution is -2.62. The molecule has 2 aliphatic heterocycles. The summed E-state index contributed by atoms with van der Waals surface area (Å²) < 4.78 is 32.9. The fraction of sp³-hybridized carbons (Fsp3) is 0.294. The normalized spacial score (nSPS) is 26.2. The number of benzene rings is 4. The maximum Gasteiger partial charge on any atom is 0.184 e. The maximum atomic E-state index is 6.71. The summed E-state index contributed by atoms with van der Waals surface area (Å²) in [6, 6.07) is 39.0. The van der Waals surface area contributed by atoms with Crippen molar-refractivity contribution in [3.8, 4) is 0 Å². The van der Waals surface area contributed by atoms with Crippen LogP contribution < -0.4 is 0 Å². The lowest BCUT2D eigenvalue weighted by molar-refractivity contribution is -0.329. The van der Waals surface area contributed by atoms with E-state index >= 15 is 0 Å². The van der Waals surface area contributed by atoms with Crippen LogP contribution >= 0.6 is 11.8 Å². The van der Waals surface area contributed by atoms with Gasteiger partial charge in [0.2, 0.25) is 0 Å². The van der Waals surface area contributed by atoms with Crippen LogP contribution in [0.25, 0.3) is 0 Å². The third-order valence-electron chi connectivity index (χ3n) is 7.20. The summed E-state index contributed by atoms with van der Waals surface area (Å²) in [6.45, 7) is 3.39. The maximum absolute atomic E-state index is 6.71. The molecule has 0 bridgehead atoms. The zero-order chi connectivity index (χ0) is 27.1. The minimum absolute atomic E-state index is 0.291. The van der Waals surface area contributed by atoms with E-state index in [9.17, 15) is 0 Å². The third kappa shape index (κ3) is 6.66. The molecule has 4 aromatic carbocycles. The Balaban J connectivity index is 1.30. The van der Waals surface area contributed by atoms with E-state index in [0.29, 0.717) is 19.8 Å². The summed E-state index contributed by atoms with van der Waals surface area (Å²) in [4.78, 5) is 1.11. The second-order valence-electron chi connectivity index (χ2n) is 10.2. The number of hydrogen-bond acceptors (Lipinski definition) is 6. The first-order chi connectivity index (χ1) is 19.7. The van der Waals surface area contributed by atoms with Gasteiger partial charge in [-0.15, -0.1) is 0 Å². The van der Waals surface area contributed by atoms with E-state index in [-0.39, 0.29) is 29.9 Å². The Morgan fingerprint density at radius 1 is 0.675 bits per heavy atom. The van der Waals surface area contributed by atoms with Crippen LogP contribution in [0.5, 0.6) is 0 Å². The molecule has 2 saturated heterocycles. The highest BCUT2D eigenvalue weighted by atomic mass is 32.2. The van der Waals surface area contributed by atoms with Gasteiger partial charge in [0.25, 0.3) is 0 Å². The molecule has 206 valence electrons. The summed E-state index contributed by atoms with van der Waals surface area (Å²) in [5.74, 6) is 0. The highest BCUT2D eigenvalue weighted by Crippen LogP contribution is 2.41. The fourth-order valence-corrected chi connectivity index (χ4v) is 6.20. The summed E-state index contributed by atoms with van der Waals surface area (Å²) in [5.41, 5.74) is 4.08. The Bertz CT molecular complexity index is 1320. The summed E-state index contributed by atoms with van der Waals surface area (Å²) in [5, 5.41) is 0. The van der Waals surface area contributed by atoms with E-state index in [0.717, 1.165) is 21.6 Å². The van der Waals surface area contributed by atoms with Gasteiger partial charge in [0.05, 0.1) is 19.8 Å². The van der Waals surface area contributed by atoms with Crippen molar-refractivity contribution in [1.82, 2.24) is 0 Å². The molecule has 0 N–H and O–H groups in total. The molecule has 0 spiro atoms. The van der Waals surface area contributed by atoms with Gasteiger partial charge in [-0.25, -0.2) is 0 Å². The summed E-state index contributed by atoms with van der Waals surface area (Å²) in [6.07, 6.45) is -1.91. The van der Waals surface area contributed by atoms with Crippen molar-refractivity contribution in [2.75, 3.05) is 6.61 Å². The second-order valence-corrected chi connectivity index (χ2v) is 11.3. The lowest BCUT2D eigenvalue weighted by atomic mass is 9.98. The van der Waals surface area contributed by atoms with E-state index in [1.807, 2.05) is 66.7 Å². The first-order valence-electron chi connectivity index (χ1n) is 13.7. The van der Waals surface area contributed by atoms with E-state index in [2.05, 4.69) is 55.5 Å². The van der Waals surface area contributed by atoms with Crippen LogP contribution in [0.4, 0.5) is 0 Å². The Morgan fingerprint density at radius 3 is 1.88 bits per heavy atom. The van der Waals surface area contributed by atoms with Crippen molar-refractivity contribution in [1.29, 1.82) is 0 Å². The molecule has 2 aliphatic rings. The van der Waals surface area contributed by atoms with Gasteiger partial charge in [-0.2, -0.15) is 0 Å². The number of ether oxygens (including phenoxy) is 5. The van der Waals surface area contributed by atoms with Crippen molar-refractivity contribution in [2.24, 2.45) is 0 Å². The van der Waals surface area contributed by atoms with E-state index in [4.69, 9.17) is 23.7 Å². The van der Waals surface area contributed by atoms with Gasteiger partial charge in [0, 0.05) is 10.5 Å². The average Bonchev–Trinajstić information content (AvgIpc) is 3.01. The number of aryl methyl sites for hydroxylation is 1. The molecule has 2 fully saturated rings. The number of hydrogen-bond donors (Lipinski definition) is 0. The second kappa shape index (κ2) is 13.1. The van der Waals surface area contributed by atoms with Crippen LogP contribution in [-0.4, -0.2) is 36.5 Å². The Labute approximate surface area is 240 Å². The quantitative estimate of drug-likeness (QED) is 0.220. The molecule has 6 rings (SSSR count). The van der Waals surface area contributed by atoms with Gasteiger partial charge in [-0.3, -0.25) is 0 Å². The SMILES string of the molecule is Cc1ccc(S[C@H]2O[C@H]3CO[C@H](c4ccccc4)O[C@@H]3[C@@H](OCc3ccccc3)[C@@H]2OCc2ccccc2)cc1. The van der Waals surface area contributed by atoms with Crippen LogP contribution in [0.15, 0.2) is 120 Å². The van der Waals surface area contributed by atoms with Crippen molar-refractivity contribution < 1.29 is 23.7 Å². The minimum atomic E-state index is -0.495. The Morgan fingerprint density at radius 2 is 1.25 bits per heavy atom. The van der Waals surface area contributed by atoms with E-state index in [1.54, 1.807) is 11.8 Å². The lowest BCUT2D eigenvalue weighted by Gasteiger charge is -2.49. The van der Waals surface area contributed by atoms with E-state index in [1.165, 1.54) is 5.56 Å². The Hall–Kier alpha value is -2.97. The predicted octanol–water partition coefficient (Wildman–Crippen LogP) is 7.10. The molecule has 5 nitrogen and oxygen atoms in total. The standard InChI is InChI=1S/C34H34O5S/c1-24-17-19-28(20-18-24)40-34-32(36-22-26-13-7-3-8-14-26)31(35-21-25-11-5-2-6-12-25)30-29(38-34)23-37-33(39-30)27-15-9-4-10-16-27/h2-20,29-34H,21-23H2,1H3/t29-,30-,31+,32-,33-,34+/m0/s1. The van der Waals surface area contributed by atoms with Crippen LogP contribution in [0.3, 0.4) is 0 Å². The molecule has 6 atom stereocenters. The molecule has 4 aromatic rings.